The average molecular weight is 517 g/mol. The fourth-order valence-electron chi connectivity index (χ4n) is 3.93. The monoisotopic (exact) mass is 516 g/mol. The van der Waals surface area contributed by atoms with Crippen LogP contribution in [0, 0.1) is 0 Å². The Hall–Kier alpha value is -3.63. The van der Waals surface area contributed by atoms with Crippen LogP contribution in [0.4, 0.5) is 0 Å². The van der Waals surface area contributed by atoms with Crippen molar-refractivity contribution >= 4 is 17.9 Å². The molecule has 0 saturated carbocycles. The van der Waals surface area contributed by atoms with Crippen molar-refractivity contribution in [3.05, 3.63) is 58.7 Å². The number of aromatic hydroxyl groups is 2. The van der Waals surface area contributed by atoms with Crippen LogP contribution >= 0.6 is 0 Å². The zero-order valence-electron chi connectivity index (χ0n) is 21.5. The maximum Gasteiger partial charge on any atom is 0.317 e. The Morgan fingerprint density at radius 1 is 0.730 bits per heavy atom. The molecule has 10 heteroatoms. The van der Waals surface area contributed by atoms with E-state index in [4.69, 9.17) is 5.11 Å². The third-order valence-electron chi connectivity index (χ3n) is 5.96. The second-order valence-electron chi connectivity index (χ2n) is 10.2. The van der Waals surface area contributed by atoms with Crippen molar-refractivity contribution in [3.63, 3.8) is 0 Å². The van der Waals surface area contributed by atoms with Crippen molar-refractivity contribution in [1.82, 2.24) is 9.80 Å². The predicted octanol–water partition coefficient (Wildman–Crippen LogP) is 2.89. The number of nitrogens with zero attached hydrogens (tertiary/aromatic N) is 2. The Kier molecular flexibility index (Phi) is 10.5. The van der Waals surface area contributed by atoms with Gasteiger partial charge >= 0.3 is 17.9 Å². The molecule has 5 N–H and O–H groups in total. The minimum atomic E-state index is -1.08. The van der Waals surface area contributed by atoms with E-state index >= 15 is 0 Å². The second kappa shape index (κ2) is 13.1. The van der Waals surface area contributed by atoms with Gasteiger partial charge in [-0.1, -0.05) is 45.0 Å². The summed E-state index contributed by atoms with van der Waals surface area (Å²) >= 11 is 0. The molecule has 0 spiro atoms. The largest absolute Gasteiger partial charge is 0.508 e. The highest BCUT2D eigenvalue weighted by molar-refractivity contribution is 5.69. The van der Waals surface area contributed by atoms with Crippen LogP contribution in [-0.2, 0) is 39.3 Å². The number of carbonyl (C=O) groups is 3. The summed E-state index contributed by atoms with van der Waals surface area (Å²) in [7, 11) is 0. The number of benzene rings is 2. The highest BCUT2D eigenvalue weighted by atomic mass is 16.4. The topological polar surface area (TPSA) is 159 Å². The van der Waals surface area contributed by atoms with Gasteiger partial charge < -0.3 is 25.5 Å². The standard InChI is InChI=1S/C27H36N2O8/c1-27(2,3)21-6-8-23(31)20(13-21)15-29(17-26(36)37)11-10-28(16-25(34)35)14-19-12-18(4-7-22(19)30)5-9-24(32)33/h4,6-8,12-13,30-31H,5,9-11,14-17H2,1-3H3,(H,32,33)(H,34,35)(H,36,37). The van der Waals surface area contributed by atoms with E-state index in [0.717, 1.165) is 5.56 Å². The number of phenols is 2. The van der Waals surface area contributed by atoms with E-state index in [2.05, 4.69) is 0 Å². The lowest BCUT2D eigenvalue weighted by molar-refractivity contribution is -0.140. The molecule has 0 aliphatic carbocycles. The molecule has 0 aliphatic rings. The van der Waals surface area contributed by atoms with Crippen molar-refractivity contribution in [3.8, 4) is 11.5 Å². The summed E-state index contributed by atoms with van der Waals surface area (Å²) in [5.41, 5.74) is 2.54. The number of aryl methyl sites for hydroxylation is 1. The molecule has 0 aliphatic heterocycles. The van der Waals surface area contributed by atoms with Crippen LogP contribution in [0.2, 0.25) is 0 Å². The molecule has 2 aromatic rings. The Morgan fingerprint density at radius 2 is 1.22 bits per heavy atom. The third-order valence-corrected chi connectivity index (χ3v) is 5.96. The van der Waals surface area contributed by atoms with Gasteiger partial charge in [0.2, 0.25) is 0 Å². The van der Waals surface area contributed by atoms with Crippen molar-refractivity contribution in [2.24, 2.45) is 0 Å². The Balaban J connectivity index is 2.20. The number of rotatable bonds is 14. The number of hydrogen-bond donors (Lipinski definition) is 5. The van der Waals surface area contributed by atoms with Crippen molar-refractivity contribution < 1.29 is 39.9 Å². The van der Waals surface area contributed by atoms with Gasteiger partial charge in [-0.15, -0.1) is 0 Å². The second-order valence-corrected chi connectivity index (χ2v) is 10.2. The lowest BCUT2D eigenvalue weighted by Crippen LogP contribution is -2.39. The molecule has 0 amide bonds. The molecule has 0 bridgehead atoms. The zero-order chi connectivity index (χ0) is 27.8. The first-order valence-electron chi connectivity index (χ1n) is 12.0. The van der Waals surface area contributed by atoms with E-state index in [1.165, 1.54) is 6.07 Å². The molecule has 0 fully saturated rings. The van der Waals surface area contributed by atoms with Gasteiger partial charge in [-0.3, -0.25) is 24.2 Å². The van der Waals surface area contributed by atoms with Crippen LogP contribution in [0.25, 0.3) is 0 Å². The van der Waals surface area contributed by atoms with E-state index in [1.54, 1.807) is 28.0 Å². The summed E-state index contributed by atoms with van der Waals surface area (Å²) in [5, 5.41) is 48.4. The first-order chi connectivity index (χ1) is 17.2. The highest BCUT2D eigenvalue weighted by Crippen LogP contribution is 2.28. The summed E-state index contributed by atoms with van der Waals surface area (Å²) in [6, 6.07) is 9.99. The quantitative estimate of drug-likeness (QED) is 0.253. The molecule has 0 radical (unpaired) electrons. The number of aliphatic carboxylic acids is 3. The van der Waals surface area contributed by atoms with E-state index in [-0.39, 0.29) is 69.0 Å². The van der Waals surface area contributed by atoms with Gasteiger partial charge in [-0.25, -0.2) is 0 Å². The molecule has 0 atom stereocenters. The molecule has 0 saturated heterocycles. The van der Waals surface area contributed by atoms with E-state index in [1.807, 2.05) is 32.9 Å². The molecule has 2 aromatic carbocycles. The van der Waals surface area contributed by atoms with E-state index < -0.39 is 17.9 Å². The summed E-state index contributed by atoms with van der Waals surface area (Å²) in [5.74, 6) is -3.07. The van der Waals surface area contributed by atoms with Crippen LogP contribution in [0.15, 0.2) is 36.4 Å². The fourth-order valence-corrected chi connectivity index (χ4v) is 3.93. The van der Waals surface area contributed by atoms with Crippen LogP contribution < -0.4 is 0 Å². The number of phenolic OH excluding ortho intramolecular Hbond substituents is 2. The molecule has 202 valence electrons. The zero-order valence-corrected chi connectivity index (χ0v) is 21.5. The van der Waals surface area contributed by atoms with Crippen molar-refractivity contribution in [1.29, 1.82) is 0 Å². The van der Waals surface area contributed by atoms with Crippen LogP contribution in [0.1, 0.15) is 49.4 Å². The summed E-state index contributed by atoms with van der Waals surface area (Å²) in [4.78, 5) is 37.1. The van der Waals surface area contributed by atoms with Gasteiger partial charge in [-0.05, 0) is 35.1 Å². The van der Waals surface area contributed by atoms with Gasteiger partial charge in [0.15, 0.2) is 0 Å². The van der Waals surface area contributed by atoms with Crippen molar-refractivity contribution in [2.75, 3.05) is 26.2 Å². The van der Waals surface area contributed by atoms with Crippen molar-refractivity contribution in [2.45, 2.75) is 52.1 Å². The Morgan fingerprint density at radius 3 is 1.68 bits per heavy atom. The normalized spacial score (nSPS) is 11.7. The van der Waals surface area contributed by atoms with Crippen LogP contribution in [0.5, 0.6) is 11.5 Å². The van der Waals surface area contributed by atoms with E-state index in [0.29, 0.717) is 16.7 Å². The maximum atomic E-state index is 11.5. The fraction of sp³-hybridized carbons (Fsp3) is 0.444. The number of carboxylic acid groups (broad SMARTS) is 3. The first kappa shape index (κ1) is 29.6. The Bertz CT molecular complexity index is 1110. The predicted molar refractivity (Wildman–Crippen MR) is 137 cm³/mol. The van der Waals surface area contributed by atoms with Gasteiger partial charge in [0.25, 0.3) is 0 Å². The van der Waals surface area contributed by atoms with Crippen LogP contribution in [0.3, 0.4) is 0 Å². The SMILES string of the molecule is CC(C)(C)c1ccc(O)c(CN(CCN(CC(=O)O)Cc2cc(CCC(=O)O)ccc2O)CC(=O)O)c1. The lowest BCUT2D eigenvalue weighted by atomic mass is 9.86. The summed E-state index contributed by atoms with van der Waals surface area (Å²) < 4.78 is 0. The first-order valence-corrected chi connectivity index (χ1v) is 12.0. The smallest absolute Gasteiger partial charge is 0.317 e. The minimum absolute atomic E-state index is 0.0410. The van der Waals surface area contributed by atoms with Crippen LogP contribution in [-0.4, -0.2) is 79.4 Å². The Labute approximate surface area is 216 Å². The number of hydrogen-bond acceptors (Lipinski definition) is 7. The molecule has 0 heterocycles. The minimum Gasteiger partial charge on any atom is -0.508 e. The molecule has 0 aromatic heterocycles. The summed E-state index contributed by atoms with van der Waals surface area (Å²) in [6.45, 7) is 6.05. The van der Waals surface area contributed by atoms with Gasteiger partial charge in [0, 0.05) is 43.7 Å². The number of carboxylic acids is 3. The lowest BCUT2D eigenvalue weighted by Gasteiger charge is -2.27. The maximum absolute atomic E-state index is 11.5. The molecule has 2 rings (SSSR count). The molecule has 37 heavy (non-hydrogen) atoms. The molecule has 0 unspecified atom stereocenters. The van der Waals surface area contributed by atoms with Gasteiger partial charge in [0.1, 0.15) is 11.5 Å². The van der Waals surface area contributed by atoms with Gasteiger partial charge in [0.05, 0.1) is 13.1 Å². The molecule has 10 nitrogen and oxygen atoms in total. The average Bonchev–Trinajstić information content (AvgIpc) is 2.77. The van der Waals surface area contributed by atoms with Gasteiger partial charge in [-0.2, -0.15) is 0 Å². The van der Waals surface area contributed by atoms with E-state index in [9.17, 15) is 34.8 Å². The summed E-state index contributed by atoms with van der Waals surface area (Å²) in [6.07, 6.45) is 0.196. The molecular weight excluding hydrogens is 480 g/mol. The third kappa shape index (κ3) is 10.1. The molecular formula is C27H36N2O8. The highest BCUT2D eigenvalue weighted by Gasteiger charge is 2.20.